The van der Waals surface area contributed by atoms with Crippen molar-refractivity contribution in [3.05, 3.63) is 63.2 Å². The van der Waals surface area contributed by atoms with Crippen LogP contribution in [0.1, 0.15) is 13.8 Å². The first-order valence-electron chi connectivity index (χ1n) is 5.32. The van der Waals surface area contributed by atoms with Gasteiger partial charge >= 0.3 is 17.1 Å². The molecule has 2 aliphatic rings. The summed E-state index contributed by atoms with van der Waals surface area (Å²) < 4.78 is 0. The fourth-order valence-corrected chi connectivity index (χ4v) is 1.49. The third-order valence-electron chi connectivity index (χ3n) is 2.53. The fraction of sp³-hybridized carbons (Fsp3) is 0.286. The van der Waals surface area contributed by atoms with Crippen LogP contribution < -0.4 is 5.32 Å². The Hall–Kier alpha value is 0.479. The Morgan fingerprint density at radius 2 is 1.44 bits per heavy atom. The Labute approximate surface area is 113 Å². The van der Waals surface area contributed by atoms with Crippen LogP contribution in [0.5, 0.6) is 0 Å². The van der Waals surface area contributed by atoms with Crippen LogP contribution in [0, 0.1) is 63.2 Å². The van der Waals surface area contributed by atoms with E-state index >= 15 is 0 Å². The van der Waals surface area contributed by atoms with Gasteiger partial charge in [-0.3, -0.25) is 0 Å². The van der Waals surface area contributed by atoms with Crippen molar-refractivity contribution in [2.75, 3.05) is 7.05 Å². The Balaban J connectivity index is 0.000000318. The molecular formula is C14H19FeN+2. The molecule has 2 rings (SSSR count). The summed E-state index contributed by atoms with van der Waals surface area (Å²) in [5.41, 5.74) is 0. The van der Waals surface area contributed by atoms with E-state index in [2.05, 4.69) is 38.4 Å². The molecule has 0 aromatic carbocycles. The average Bonchev–Trinajstić information content (AvgIpc) is 2.89. The van der Waals surface area contributed by atoms with Crippen LogP contribution in [-0.2, 0) is 17.1 Å². The quantitative estimate of drug-likeness (QED) is 0.749. The van der Waals surface area contributed by atoms with Gasteiger partial charge in [-0.25, -0.2) is 0 Å². The molecule has 1 N–H and O–H groups in total. The average molecular weight is 257 g/mol. The maximum Gasteiger partial charge on any atom is 2.00 e. The van der Waals surface area contributed by atoms with Gasteiger partial charge in [0, 0.05) is 12.0 Å². The zero-order chi connectivity index (χ0) is 11.1. The van der Waals surface area contributed by atoms with Gasteiger partial charge in [0.25, 0.3) is 0 Å². The SMILES string of the molecule is CN[C@H](C)[C]1[CH][CH][CH][C]1C.[CH]1[CH][CH][CH][CH]1.[Fe+2]. The maximum atomic E-state index is 3.21. The largest absolute Gasteiger partial charge is 2.00 e. The van der Waals surface area contributed by atoms with Gasteiger partial charge < -0.3 is 5.32 Å². The Bertz CT molecular complexity index is 149. The Morgan fingerprint density at radius 1 is 0.938 bits per heavy atom. The molecule has 10 radical (unpaired) electrons. The molecule has 0 spiro atoms. The summed E-state index contributed by atoms with van der Waals surface area (Å²) in [6, 6.07) is 0.481. The van der Waals surface area contributed by atoms with E-state index in [9.17, 15) is 0 Å². The van der Waals surface area contributed by atoms with E-state index in [1.165, 1.54) is 11.8 Å². The van der Waals surface area contributed by atoms with E-state index in [1.807, 2.05) is 39.2 Å². The molecule has 0 bridgehead atoms. The van der Waals surface area contributed by atoms with E-state index in [-0.39, 0.29) is 17.1 Å². The van der Waals surface area contributed by atoms with Gasteiger partial charge in [0.05, 0.1) is 0 Å². The summed E-state index contributed by atoms with van der Waals surface area (Å²) in [4.78, 5) is 0. The fourth-order valence-electron chi connectivity index (χ4n) is 1.49. The van der Waals surface area contributed by atoms with E-state index < -0.39 is 0 Å². The van der Waals surface area contributed by atoms with E-state index in [0.717, 1.165) is 0 Å². The predicted molar refractivity (Wildman–Crippen MR) is 65.1 cm³/mol. The minimum absolute atomic E-state index is 0. The molecule has 0 heterocycles. The van der Waals surface area contributed by atoms with E-state index in [4.69, 9.17) is 0 Å². The van der Waals surface area contributed by atoms with Crippen molar-refractivity contribution in [3.8, 4) is 0 Å². The Kier molecular flexibility index (Phi) is 9.79. The van der Waals surface area contributed by atoms with Crippen molar-refractivity contribution >= 4 is 0 Å². The second-order valence-electron chi connectivity index (χ2n) is 3.64. The summed E-state index contributed by atoms with van der Waals surface area (Å²) in [6.45, 7) is 4.31. The van der Waals surface area contributed by atoms with E-state index in [0.29, 0.717) is 6.04 Å². The van der Waals surface area contributed by atoms with E-state index in [1.54, 1.807) is 0 Å². The molecule has 0 aromatic rings. The van der Waals surface area contributed by atoms with Gasteiger partial charge in [0.15, 0.2) is 0 Å². The molecule has 86 valence electrons. The van der Waals surface area contributed by atoms with Crippen molar-refractivity contribution in [1.29, 1.82) is 0 Å². The van der Waals surface area contributed by atoms with Crippen LogP contribution in [-0.4, -0.2) is 13.1 Å². The first-order valence-corrected chi connectivity index (χ1v) is 5.32. The third kappa shape index (κ3) is 5.70. The summed E-state index contributed by atoms with van der Waals surface area (Å²) in [6.07, 6.45) is 16.4. The second kappa shape index (κ2) is 9.50. The smallest absolute Gasteiger partial charge is 0.317 e. The van der Waals surface area contributed by atoms with Gasteiger partial charge in [0.2, 0.25) is 0 Å². The van der Waals surface area contributed by atoms with Crippen molar-refractivity contribution < 1.29 is 17.1 Å². The normalized spacial score (nSPS) is 23.4. The summed E-state index contributed by atoms with van der Waals surface area (Å²) in [5.74, 6) is 2.78. The topological polar surface area (TPSA) is 12.0 Å². The zero-order valence-electron chi connectivity index (χ0n) is 10.0. The van der Waals surface area contributed by atoms with Gasteiger partial charge in [-0.2, -0.15) is 0 Å². The van der Waals surface area contributed by atoms with Crippen LogP contribution in [0.4, 0.5) is 0 Å². The zero-order valence-corrected chi connectivity index (χ0v) is 11.2. The third-order valence-corrected chi connectivity index (χ3v) is 2.53. The second-order valence-corrected chi connectivity index (χ2v) is 3.64. The number of hydrogen-bond donors (Lipinski definition) is 1. The Morgan fingerprint density at radius 3 is 1.75 bits per heavy atom. The minimum atomic E-state index is 0. The van der Waals surface area contributed by atoms with Crippen molar-refractivity contribution in [2.24, 2.45) is 0 Å². The van der Waals surface area contributed by atoms with Crippen molar-refractivity contribution in [2.45, 2.75) is 19.9 Å². The molecule has 2 saturated carbocycles. The summed E-state index contributed by atoms with van der Waals surface area (Å²) in [5, 5.41) is 3.21. The van der Waals surface area contributed by atoms with Crippen LogP contribution in [0.3, 0.4) is 0 Å². The van der Waals surface area contributed by atoms with Crippen molar-refractivity contribution in [1.82, 2.24) is 5.32 Å². The van der Waals surface area contributed by atoms with Crippen molar-refractivity contribution in [3.63, 3.8) is 0 Å². The molecule has 0 aromatic heterocycles. The molecule has 0 amide bonds. The number of rotatable bonds is 2. The molecule has 0 unspecified atom stereocenters. The van der Waals surface area contributed by atoms with Gasteiger partial charge in [-0.05, 0) is 71.3 Å². The molecule has 16 heavy (non-hydrogen) atoms. The first-order chi connectivity index (χ1) is 7.25. The van der Waals surface area contributed by atoms with Crippen LogP contribution in [0.25, 0.3) is 0 Å². The molecular weight excluding hydrogens is 238 g/mol. The maximum absolute atomic E-state index is 3.21. The van der Waals surface area contributed by atoms with Crippen LogP contribution in [0.15, 0.2) is 0 Å². The van der Waals surface area contributed by atoms with Gasteiger partial charge in [-0.1, -0.05) is 6.92 Å². The molecule has 0 saturated heterocycles. The van der Waals surface area contributed by atoms with Gasteiger partial charge in [-0.15, -0.1) is 0 Å². The minimum Gasteiger partial charge on any atom is -0.317 e. The molecule has 2 aliphatic carbocycles. The monoisotopic (exact) mass is 257 g/mol. The van der Waals surface area contributed by atoms with Crippen LogP contribution in [0.2, 0.25) is 0 Å². The molecule has 1 atom stereocenters. The number of nitrogens with one attached hydrogen (secondary N) is 1. The van der Waals surface area contributed by atoms with Crippen LogP contribution >= 0.6 is 0 Å². The summed E-state index contributed by atoms with van der Waals surface area (Å²) >= 11 is 0. The van der Waals surface area contributed by atoms with Gasteiger partial charge in [0.1, 0.15) is 0 Å². The molecule has 2 fully saturated rings. The molecule has 1 nitrogen and oxygen atoms in total. The predicted octanol–water partition coefficient (Wildman–Crippen LogP) is 2.41. The first kappa shape index (κ1) is 16.5. The summed E-state index contributed by atoms with van der Waals surface area (Å²) in [7, 11) is 1.98. The molecule has 2 heteroatoms. The molecule has 0 aliphatic heterocycles. The number of hydrogen-bond acceptors (Lipinski definition) is 1. The standard InChI is InChI=1S/C9H14N.C5H5.Fe/c1-7-5-4-6-9(7)8(2)10-3;1-2-4-5-3-1;/h4-6,8,10H,1-3H3;1-5H;/q;;+2/t8-;;/m1../s1.